The van der Waals surface area contributed by atoms with Gasteiger partial charge in [-0.2, -0.15) is 0 Å². The zero-order valence-corrected chi connectivity index (χ0v) is 20.9. The number of aryl methyl sites for hydroxylation is 1. The Bertz CT molecular complexity index is 1120. The van der Waals surface area contributed by atoms with Crippen molar-refractivity contribution in [3.8, 4) is 11.5 Å². The number of aromatic amines is 1. The number of hydrogen-bond acceptors (Lipinski definition) is 4. The molecule has 0 saturated carbocycles. The number of aromatic hydroxyl groups is 1. The minimum Gasteiger partial charge on any atom is -0.504 e. The van der Waals surface area contributed by atoms with Crippen LogP contribution in [0, 0.1) is 11.8 Å². The van der Waals surface area contributed by atoms with Crippen molar-refractivity contribution in [2.45, 2.75) is 53.1 Å². The second-order valence-electron chi connectivity index (χ2n) is 10.1. The van der Waals surface area contributed by atoms with Crippen LogP contribution in [0.4, 0.5) is 0 Å². The third-order valence-electron chi connectivity index (χ3n) is 6.68. The molecule has 2 aromatic carbocycles. The highest BCUT2D eigenvalue weighted by atomic mass is 16.5. The minimum absolute atomic E-state index is 0.262. The van der Waals surface area contributed by atoms with Crippen molar-refractivity contribution in [1.29, 1.82) is 0 Å². The van der Waals surface area contributed by atoms with Crippen molar-refractivity contribution in [2.24, 2.45) is 11.8 Å². The molecule has 5 nitrogen and oxygen atoms in total. The van der Waals surface area contributed by atoms with Gasteiger partial charge in [-0.3, -0.25) is 0 Å². The molecule has 0 radical (unpaired) electrons. The third-order valence-corrected chi connectivity index (χ3v) is 6.68. The molecule has 1 unspecified atom stereocenters. The molecular formula is C29H39N3O2. The number of ether oxygens (including phenoxy) is 1. The molecule has 3 aromatic rings. The maximum absolute atomic E-state index is 10.6. The molecule has 0 fully saturated rings. The number of nitrogens with zero attached hydrogens (tertiary/aromatic N) is 1. The second kappa shape index (κ2) is 11.0. The number of benzene rings is 2. The molecular weight excluding hydrogens is 422 g/mol. The van der Waals surface area contributed by atoms with Gasteiger partial charge in [-0.25, -0.2) is 0 Å². The van der Waals surface area contributed by atoms with Crippen molar-refractivity contribution in [3.63, 3.8) is 0 Å². The number of phenols is 1. The Labute approximate surface area is 203 Å². The predicted octanol–water partition coefficient (Wildman–Crippen LogP) is 5.99. The smallest absolute Gasteiger partial charge is 0.164 e. The Balaban J connectivity index is 1.41. The molecule has 182 valence electrons. The number of aromatic nitrogens is 1. The van der Waals surface area contributed by atoms with Crippen LogP contribution in [0.25, 0.3) is 10.9 Å². The lowest BCUT2D eigenvalue weighted by Gasteiger charge is -2.32. The van der Waals surface area contributed by atoms with E-state index in [1.54, 1.807) is 0 Å². The molecule has 0 spiro atoms. The summed E-state index contributed by atoms with van der Waals surface area (Å²) >= 11 is 0. The monoisotopic (exact) mass is 461 g/mol. The average Bonchev–Trinajstić information content (AvgIpc) is 3.16. The summed E-state index contributed by atoms with van der Waals surface area (Å²) in [5, 5.41) is 15.5. The number of nitrogens with one attached hydrogen (secondary N) is 2. The van der Waals surface area contributed by atoms with Crippen LogP contribution in [0.1, 0.15) is 50.3 Å². The molecule has 34 heavy (non-hydrogen) atoms. The van der Waals surface area contributed by atoms with Gasteiger partial charge in [0.15, 0.2) is 11.5 Å². The molecule has 0 saturated heterocycles. The van der Waals surface area contributed by atoms with E-state index in [9.17, 15) is 5.11 Å². The molecule has 0 bridgehead atoms. The zero-order chi connectivity index (χ0) is 24.1. The first-order valence-corrected chi connectivity index (χ1v) is 12.6. The molecule has 1 aromatic heterocycles. The van der Waals surface area contributed by atoms with Crippen LogP contribution >= 0.6 is 0 Å². The number of phenolic OH excluding ortho intramolecular Hbond substituents is 1. The van der Waals surface area contributed by atoms with E-state index in [-0.39, 0.29) is 5.75 Å². The van der Waals surface area contributed by atoms with E-state index in [0.717, 1.165) is 62.3 Å². The molecule has 4 rings (SSSR count). The lowest BCUT2D eigenvalue weighted by molar-refractivity contribution is 0.265. The van der Waals surface area contributed by atoms with Crippen LogP contribution in [0.3, 0.4) is 0 Å². The molecule has 1 aliphatic heterocycles. The quantitative estimate of drug-likeness (QED) is 0.347. The molecule has 2 heterocycles. The van der Waals surface area contributed by atoms with Gasteiger partial charge >= 0.3 is 0 Å². The highest BCUT2D eigenvalue weighted by Crippen LogP contribution is 2.35. The van der Waals surface area contributed by atoms with Gasteiger partial charge in [0.25, 0.3) is 0 Å². The van der Waals surface area contributed by atoms with E-state index in [0.29, 0.717) is 24.2 Å². The van der Waals surface area contributed by atoms with Crippen molar-refractivity contribution in [3.05, 3.63) is 71.6 Å². The normalized spacial score (nSPS) is 14.5. The summed E-state index contributed by atoms with van der Waals surface area (Å²) in [5.41, 5.74) is 5.85. The largest absolute Gasteiger partial charge is 0.504 e. The van der Waals surface area contributed by atoms with Gasteiger partial charge in [-0.1, -0.05) is 45.5 Å². The van der Waals surface area contributed by atoms with Crippen LogP contribution in [0.5, 0.6) is 11.5 Å². The fourth-order valence-corrected chi connectivity index (χ4v) is 4.87. The van der Waals surface area contributed by atoms with Crippen molar-refractivity contribution >= 4 is 10.9 Å². The first-order valence-electron chi connectivity index (χ1n) is 12.6. The van der Waals surface area contributed by atoms with E-state index in [1.165, 1.54) is 16.5 Å². The van der Waals surface area contributed by atoms with Gasteiger partial charge in [-0.05, 0) is 60.1 Å². The average molecular weight is 462 g/mol. The Morgan fingerprint density at radius 3 is 2.88 bits per heavy atom. The van der Waals surface area contributed by atoms with E-state index < -0.39 is 0 Å². The van der Waals surface area contributed by atoms with Crippen molar-refractivity contribution < 1.29 is 9.84 Å². The van der Waals surface area contributed by atoms with Crippen LogP contribution in [-0.2, 0) is 19.5 Å². The van der Waals surface area contributed by atoms with Gasteiger partial charge in [-0.15, -0.1) is 0 Å². The van der Waals surface area contributed by atoms with Gasteiger partial charge < -0.3 is 25.0 Å². The number of rotatable bonds is 10. The molecule has 5 heteroatoms. The van der Waals surface area contributed by atoms with Gasteiger partial charge in [0.05, 0.1) is 6.61 Å². The Hall–Kier alpha value is -2.92. The van der Waals surface area contributed by atoms with Crippen LogP contribution in [-0.4, -0.2) is 34.7 Å². The first-order chi connectivity index (χ1) is 16.4. The SMILES string of the molecule is C=C(C(C)CNCc1cccc2[nH]ccc12)N(Cc1cc(O)c2c(c1)CCCCO2)CC(C)C. The summed E-state index contributed by atoms with van der Waals surface area (Å²) < 4.78 is 5.80. The molecule has 3 N–H and O–H groups in total. The Morgan fingerprint density at radius 2 is 2.06 bits per heavy atom. The van der Waals surface area contributed by atoms with Crippen LogP contribution < -0.4 is 10.1 Å². The topological polar surface area (TPSA) is 60.5 Å². The summed E-state index contributed by atoms with van der Waals surface area (Å²) in [6.45, 7) is 15.2. The predicted molar refractivity (Wildman–Crippen MR) is 140 cm³/mol. The zero-order valence-electron chi connectivity index (χ0n) is 20.9. The highest BCUT2D eigenvalue weighted by Gasteiger charge is 2.19. The summed E-state index contributed by atoms with van der Waals surface area (Å²) in [7, 11) is 0. The number of fused-ring (bicyclic) bond motifs is 2. The van der Waals surface area contributed by atoms with Gasteiger partial charge in [0.2, 0.25) is 0 Å². The first kappa shape index (κ1) is 24.2. The summed E-state index contributed by atoms with van der Waals surface area (Å²) in [5.74, 6) is 1.74. The lowest BCUT2D eigenvalue weighted by Crippen LogP contribution is -2.33. The van der Waals surface area contributed by atoms with Crippen LogP contribution in [0.15, 0.2) is 54.9 Å². The molecule has 0 amide bonds. The highest BCUT2D eigenvalue weighted by molar-refractivity contribution is 5.82. The summed E-state index contributed by atoms with van der Waals surface area (Å²) in [6, 6.07) is 12.6. The van der Waals surface area contributed by atoms with E-state index in [2.05, 4.69) is 72.9 Å². The third kappa shape index (κ3) is 5.76. The maximum atomic E-state index is 10.6. The standard InChI is InChI=1S/C29H39N3O2/c1-20(2)18-32(19-23-14-24-8-5-6-13-34-29(24)28(33)15-23)22(4)21(3)16-30-17-25-9-7-10-27-26(25)11-12-31-27/h7,9-12,14-15,20-21,30-31,33H,4-6,8,13,16-19H2,1-3H3. The van der Waals surface area contributed by atoms with E-state index >= 15 is 0 Å². The lowest BCUT2D eigenvalue weighted by atomic mass is 10.0. The van der Waals surface area contributed by atoms with E-state index in [1.807, 2.05) is 12.3 Å². The summed E-state index contributed by atoms with van der Waals surface area (Å²) in [4.78, 5) is 5.66. The molecule has 1 aliphatic rings. The van der Waals surface area contributed by atoms with Crippen molar-refractivity contribution in [1.82, 2.24) is 15.2 Å². The van der Waals surface area contributed by atoms with Crippen LogP contribution in [0.2, 0.25) is 0 Å². The fourth-order valence-electron chi connectivity index (χ4n) is 4.87. The van der Waals surface area contributed by atoms with Gasteiger partial charge in [0, 0.05) is 54.9 Å². The van der Waals surface area contributed by atoms with Crippen molar-refractivity contribution in [2.75, 3.05) is 19.7 Å². The Kier molecular flexibility index (Phi) is 7.84. The van der Waals surface area contributed by atoms with Gasteiger partial charge in [0.1, 0.15) is 0 Å². The van der Waals surface area contributed by atoms with E-state index in [4.69, 9.17) is 4.74 Å². The molecule has 1 atom stereocenters. The second-order valence-corrected chi connectivity index (χ2v) is 10.1. The number of hydrogen-bond donors (Lipinski definition) is 3. The minimum atomic E-state index is 0.262. The molecule has 0 aliphatic carbocycles. The number of H-pyrrole nitrogens is 1. The summed E-state index contributed by atoms with van der Waals surface area (Å²) in [6.07, 6.45) is 5.07. The Morgan fingerprint density at radius 1 is 1.21 bits per heavy atom. The fraction of sp³-hybridized carbons (Fsp3) is 0.448. The maximum Gasteiger partial charge on any atom is 0.164 e.